The summed E-state index contributed by atoms with van der Waals surface area (Å²) in [7, 11) is 0. The van der Waals surface area contributed by atoms with Crippen molar-refractivity contribution < 1.29 is 0 Å². The molecule has 0 nitrogen and oxygen atoms in total. The predicted molar refractivity (Wildman–Crippen MR) is 135 cm³/mol. The van der Waals surface area contributed by atoms with Crippen LogP contribution < -0.4 is 0 Å². The zero-order chi connectivity index (χ0) is 22.3. The van der Waals surface area contributed by atoms with Crippen LogP contribution in [-0.2, 0) is 0 Å². The van der Waals surface area contributed by atoms with E-state index in [1.807, 2.05) is 6.08 Å². The van der Waals surface area contributed by atoms with Crippen molar-refractivity contribution in [3.8, 4) is 0 Å². The molecule has 0 amide bonds. The van der Waals surface area contributed by atoms with Crippen LogP contribution in [0.15, 0.2) is 84.1 Å². The van der Waals surface area contributed by atoms with Crippen LogP contribution in [0.2, 0.25) is 0 Å². The number of hydrogen-bond donors (Lipinski definition) is 0. The van der Waals surface area contributed by atoms with Crippen molar-refractivity contribution in [1.82, 2.24) is 0 Å². The molecule has 0 N–H and O–H groups in total. The van der Waals surface area contributed by atoms with Crippen molar-refractivity contribution in [3.63, 3.8) is 0 Å². The van der Waals surface area contributed by atoms with Gasteiger partial charge in [0.05, 0.1) is 0 Å². The second kappa shape index (κ2) is 15.1. The van der Waals surface area contributed by atoms with Crippen molar-refractivity contribution in [2.75, 3.05) is 0 Å². The number of rotatable bonds is 14. The van der Waals surface area contributed by atoms with Crippen LogP contribution >= 0.6 is 0 Å². The van der Waals surface area contributed by atoms with Crippen molar-refractivity contribution in [1.29, 1.82) is 0 Å². The van der Waals surface area contributed by atoms with Crippen LogP contribution in [0.3, 0.4) is 0 Å². The van der Waals surface area contributed by atoms with E-state index in [1.54, 1.807) is 0 Å². The summed E-state index contributed by atoms with van der Waals surface area (Å²) in [6.07, 6.45) is 24.9. The van der Waals surface area contributed by atoms with E-state index in [0.29, 0.717) is 5.92 Å². The van der Waals surface area contributed by atoms with Gasteiger partial charge in [-0.3, -0.25) is 0 Å². The Morgan fingerprint density at radius 1 is 0.966 bits per heavy atom. The maximum atomic E-state index is 4.10. The van der Waals surface area contributed by atoms with E-state index < -0.39 is 0 Å². The van der Waals surface area contributed by atoms with Gasteiger partial charge in [0.25, 0.3) is 0 Å². The molecule has 2 unspecified atom stereocenters. The molecule has 0 aromatic carbocycles. The Bertz CT molecular complexity index is 640. The molecule has 2 atom stereocenters. The molecule has 0 saturated carbocycles. The molecule has 0 heteroatoms. The van der Waals surface area contributed by atoms with Gasteiger partial charge < -0.3 is 0 Å². The molecule has 0 radical (unpaired) electrons. The third kappa shape index (κ3) is 10.5. The van der Waals surface area contributed by atoms with Gasteiger partial charge in [0, 0.05) is 5.41 Å². The SMILES string of the molecule is C=CC=CC(CC=C(C)C)(C(C=CCCC)=CCCC(=C)C)C(C=C(C)C)CC. The second-order valence-electron chi connectivity index (χ2n) is 8.73. The number of allylic oxidation sites excluding steroid dienone is 12. The van der Waals surface area contributed by atoms with Crippen LogP contribution in [-0.4, -0.2) is 0 Å². The largest absolute Gasteiger partial charge is 0.100 e. The topological polar surface area (TPSA) is 0 Å². The van der Waals surface area contributed by atoms with Gasteiger partial charge in [-0.05, 0) is 78.2 Å². The smallest absolute Gasteiger partial charge is 0.0229 e. The zero-order valence-electron chi connectivity index (χ0n) is 20.4. The molecule has 0 rings (SSSR count). The molecule has 0 aliphatic carbocycles. The van der Waals surface area contributed by atoms with E-state index in [-0.39, 0.29) is 5.41 Å². The lowest BCUT2D eigenvalue weighted by Gasteiger charge is -2.39. The van der Waals surface area contributed by atoms with Crippen molar-refractivity contribution >= 4 is 0 Å². The molecular weight excluding hydrogens is 348 g/mol. The van der Waals surface area contributed by atoms with Crippen LogP contribution in [0, 0.1) is 11.3 Å². The van der Waals surface area contributed by atoms with Gasteiger partial charge in [-0.2, -0.15) is 0 Å². The van der Waals surface area contributed by atoms with E-state index >= 15 is 0 Å². The molecule has 29 heavy (non-hydrogen) atoms. The third-order valence-electron chi connectivity index (χ3n) is 5.24. The molecule has 0 heterocycles. The van der Waals surface area contributed by atoms with Gasteiger partial charge in [0.1, 0.15) is 0 Å². The van der Waals surface area contributed by atoms with E-state index in [9.17, 15) is 0 Å². The highest BCUT2D eigenvalue weighted by atomic mass is 14.4. The first-order valence-electron chi connectivity index (χ1n) is 11.3. The summed E-state index contributed by atoms with van der Waals surface area (Å²) < 4.78 is 0. The summed E-state index contributed by atoms with van der Waals surface area (Å²) in [5, 5.41) is 0. The fourth-order valence-corrected chi connectivity index (χ4v) is 3.68. The standard InChI is InChI=1S/C29H46/c1-10-13-15-18-28(19-16-17-24(4)5)29(21-14-11-2,22-20-25(6)7)27(12-3)23-26(8)9/h11,14-15,18-21,23,27H,2,4,10,12-13,16-17,22H2,1,3,5-9H3. The molecule has 162 valence electrons. The second-order valence-corrected chi connectivity index (χ2v) is 8.73. The Labute approximate surface area is 182 Å². The minimum Gasteiger partial charge on any atom is -0.100 e. The van der Waals surface area contributed by atoms with Gasteiger partial charge in [-0.15, -0.1) is 6.58 Å². The van der Waals surface area contributed by atoms with Gasteiger partial charge in [0.15, 0.2) is 0 Å². The van der Waals surface area contributed by atoms with Crippen molar-refractivity contribution in [2.24, 2.45) is 11.3 Å². The molecule has 0 bridgehead atoms. The van der Waals surface area contributed by atoms with Crippen LogP contribution in [0.1, 0.15) is 87.0 Å². The first kappa shape index (κ1) is 27.2. The monoisotopic (exact) mass is 394 g/mol. The van der Waals surface area contributed by atoms with Gasteiger partial charge in [-0.25, -0.2) is 0 Å². The highest BCUT2D eigenvalue weighted by Crippen LogP contribution is 2.46. The summed E-state index contributed by atoms with van der Waals surface area (Å²) in [5.41, 5.74) is 5.34. The maximum Gasteiger partial charge on any atom is 0.0229 e. The average Bonchev–Trinajstić information content (AvgIpc) is 2.65. The Balaban J connectivity index is 6.71. The highest BCUT2D eigenvalue weighted by Gasteiger charge is 2.35. The lowest BCUT2D eigenvalue weighted by atomic mass is 9.65. The van der Waals surface area contributed by atoms with E-state index in [2.05, 4.69) is 104 Å². The fourth-order valence-electron chi connectivity index (χ4n) is 3.68. The summed E-state index contributed by atoms with van der Waals surface area (Å²) in [6, 6.07) is 0. The quantitative estimate of drug-likeness (QED) is 0.203. The Morgan fingerprint density at radius 2 is 1.66 bits per heavy atom. The lowest BCUT2D eigenvalue weighted by Crippen LogP contribution is -2.29. The minimum atomic E-state index is -0.0726. The van der Waals surface area contributed by atoms with Gasteiger partial charge >= 0.3 is 0 Å². The lowest BCUT2D eigenvalue weighted by molar-refractivity contribution is 0.332. The zero-order valence-corrected chi connectivity index (χ0v) is 20.4. The molecule has 0 aliphatic rings. The first-order valence-corrected chi connectivity index (χ1v) is 11.3. The van der Waals surface area contributed by atoms with E-state index in [0.717, 1.165) is 32.1 Å². The minimum absolute atomic E-state index is 0.0726. The fraction of sp³-hybridized carbons (Fsp3) is 0.517. The van der Waals surface area contributed by atoms with Crippen molar-refractivity contribution in [2.45, 2.75) is 87.0 Å². The van der Waals surface area contributed by atoms with E-state index in [4.69, 9.17) is 0 Å². The van der Waals surface area contributed by atoms with Crippen molar-refractivity contribution in [3.05, 3.63) is 84.1 Å². The molecule has 0 aromatic heterocycles. The number of hydrogen-bond acceptors (Lipinski definition) is 0. The van der Waals surface area contributed by atoms with Gasteiger partial charge in [-0.1, -0.05) is 92.2 Å². The molecular formula is C29H46. The predicted octanol–water partition coefficient (Wildman–Crippen LogP) is 9.70. The third-order valence-corrected chi connectivity index (χ3v) is 5.24. The van der Waals surface area contributed by atoms with E-state index in [1.165, 1.54) is 28.7 Å². The Kier molecular flexibility index (Phi) is 14.1. The molecule has 0 spiro atoms. The highest BCUT2D eigenvalue weighted by molar-refractivity contribution is 5.37. The van der Waals surface area contributed by atoms with Crippen LogP contribution in [0.25, 0.3) is 0 Å². The number of unbranched alkanes of at least 4 members (excludes halogenated alkanes) is 1. The molecule has 0 fully saturated rings. The maximum absolute atomic E-state index is 4.10. The average molecular weight is 395 g/mol. The molecule has 0 saturated heterocycles. The summed E-state index contributed by atoms with van der Waals surface area (Å²) in [4.78, 5) is 0. The van der Waals surface area contributed by atoms with Crippen LogP contribution in [0.5, 0.6) is 0 Å². The normalized spacial score (nSPS) is 15.2. The molecule has 0 aromatic rings. The Morgan fingerprint density at radius 3 is 2.14 bits per heavy atom. The summed E-state index contributed by atoms with van der Waals surface area (Å²) in [6.45, 7) is 23.5. The van der Waals surface area contributed by atoms with Crippen LogP contribution in [0.4, 0.5) is 0 Å². The summed E-state index contributed by atoms with van der Waals surface area (Å²) in [5.74, 6) is 0.432. The Hall–Kier alpha value is -1.82. The van der Waals surface area contributed by atoms with Gasteiger partial charge in [0.2, 0.25) is 0 Å². The summed E-state index contributed by atoms with van der Waals surface area (Å²) >= 11 is 0. The first-order chi connectivity index (χ1) is 13.7. The molecule has 0 aliphatic heterocycles.